The topological polar surface area (TPSA) is 308 Å². The number of nitrogens with two attached hydrogens (primary N) is 1. The molecule has 45 atom stereocenters. The van der Waals surface area contributed by atoms with Crippen LogP contribution in [-0.2, 0) is 159 Å². The van der Waals surface area contributed by atoms with E-state index in [1.807, 2.05) is 184 Å². The number of carbonyl (C=O) groups is 3. The smallest absolute Gasteiger partial charge is 0.317 e. The average Bonchev–Trinajstić information content (AvgIpc) is 0.828. The van der Waals surface area contributed by atoms with Crippen molar-refractivity contribution < 1.29 is 133 Å². The van der Waals surface area contributed by atoms with Crippen molar-refractivity contribution in [2.45, 2.75) is 427 Å². The van der Waals surface area contributed by atoms with Gasteiger partial charge < -0.3 is 129 Å². The number of benzene rings is 4. The fourth-order valence-corrected chi connectivity index (χ4v) is 29.8. The zero-order valence-corrected chi connectivity index (χ0v) is 93.4. The van der Waals surface area contributed by atoms with Crippen LogP contribution in [0.2, 0.25) is 0 Å². The lowest BCUT2D eigenvalue weighted by atomic mass is 9.33. The molecule has 2 N–H and O–H groups in total. The van der Waals surface area contributed by atoms with Gasteiger partial charge in [-0.05, 0) is 191 Å². The molecule has 10 aliphatic heterocycles. The number of hydrogen-bond acceptors (Lipinski definition) is 29. The molecule has 20 unspecified atom stereocenters. The van der Waals surface area contributed by atoms with Crippen LogP contribution in [0.4, 0.5) is 0 Å². The molecule has 0 bridgehead atoms. The summed E-state index contributed by atoms with van der Waals surface area (Å²) in [6.07, 6.45) is -9.20. The number of fused-ring (bicyclic) bond motifs is 9. The summed E-state index contributed by atoms with van der Waals surface area (Å²) in [4.78, 5) is 46.2. The Balaban J connectivity index is 0.579. The molecule has 0 aromatic heterocycles. The molecule has 4 aromatic rings. The van der Waals surface area contributed by atoms with Gasteiger partial charge in [-0.25, -0.2) is 0 Å². The number of hydrogen-bond donors (Lipinski definition) is 1. The number of allylic oxidation sites excluding steroid dienone is 2. The first-order chi connectivity index (χ1) is 71.5. The average molecular weight is 2090 g/mol. The molecule has 4 saturated carbocycles. The van der Waals surface area contributed by atoms with E-state index >= 15 is 4.79 Å². The van der Waals surface area contributed by atoms with Gasteiger partial charge in [-0.15, -0.1) is 0 Å². The molecule has 832 valence electrons. The van der Waals surface area contributed by atoms with Gasteiger partial charge >= 0.3 is 5.97 Å². The predicted octanol–water partition coefficient (Wildman–Crippen LogP) is 18.9. The van der Waals surface area contributed by atoms with Gasteiger partial charge in [-0.1, -0.05) is 251 Å². The quantitative estimate of drug-likeness (QED) is 0.0197. The van der Waals surface area contributed by atoms with Crippen LogP contribution in [0.3, 0.4) is 0 Å². The number of ketones is 1. The maximum atomic E-state index is 17.1. The summed E-state index contributed by atoms with van der Waals surface area (Å²) < 4.78 is 176. The van der Waals surface area contributed by atoms with Crippen LogP contribution >= 0.6 is 0 Å². The Hall–Kier alpha value is -5.57. The molecule has 0 radical (unpaired) electrons. The first kappa shape index (κ1) is 113. The highest BCUT2D eigenvalue weighted by atomic mass is 16.8. The number of aldehydes is 1. The van der Waals surface area contributed by atoms with E-state index in [2.05, 4.69) is 96.1 Å². The summed E-state index contributed by atoms with van der Waals surface area (Å²) in [6.45, 7) is 51.2. The van der Waals surface area contributed by atoms with Crippen LogP contribution in [0.1, 0.15) is 246 Å². The van der Waals surface area contributed by atoms with Crippen LogP contribution in [0.5, 0.6) is 0 Å². The summed E-state index contributed by atoms with van der Waals surface area (Å²) in [5.41, 5.74) is 8.09. The third kappa shape index (κ3) is 21.8. The minimum Gasteiger partial charge on any atom is -0.432 e. The zero-order valence-electron chi connectivity index (χ0n) is 93.4. The van der Waals surface area contributed by atoms with Gasteiger partial charge in [0.25, 0.3) is 0 Å². The number of methoxy groups -OCH3 is 1. The first-order valence-electron chi connectivity index (χ1n) is 56.6. The molecular weight excluding hydrogens is 1920 g/mol. The van der Waals surface area contributed by atoms with Crippen LogP contribution in [-0.4, -0.2) is 242 Å². The zero-order chi connectivity index (χ0) is 106. The minimum atomic E-state index is -1.36. The Morgan fingerprint density at radius 2 is 1.02 bits per heavy atom. The number of Topliss-reactive ketones (excluding diaryl/α,β-unsaturated/α-hetero) is 1. The molecule has 0 spiro atoms. The molecular formula is C121H175NO28. The van der Waals surface area contributed by atoms with Gasteiger partial charge in [-0.2, -0.15) is 0 Å². The molecule has 4 aromatic carbocycles. The molecule has 10 saturated heterocycles. The van der Waals surface area contributed by atoms with Gasteiger partial charge in [0.05, 0.1) is 114 Å². The summed E-state index contributed by atoms with van der Waals surface area (Å²) in [7, 11) is 1.76. The first-order valence-corrected chi connectivity index (χ1v) is 56.6. The van der Waals surface area contributed by atoms with E-state index in [1.54, 1.807) is 14.0 Å². The third-order valence-electron chi connectivity index (χ3n) is 39.6. The summed E-state index contributed by atoms with van der Waals surface area (Å²) >= 11 is 0. The highest BCUT2D eigenvalue weighted by Crippen LogP contribution is 2.77. The van der Waals surface area contributed by atoms with Gasteiger partial charge in [0.1, 0.15) is 78.3 Å². The Bertz CT molecular complexity index is 5180. The molecule has 150 heavy (non-hydrogen) atoms. The van der Waals surface area contributed by atoms with Crippen LogP contribution < -0.4 is 5.73 Å². The van der Waals surface area contributed by atoms with E-state index in [0.29, 0.717) is 69.9 Å². The van der Waals surface area contributed by atoms with Crippen LogP contribution in [0.25, 0.3) is 0 Å². The van der Waals surface area contributed by atoms with Crippen molar-refractivity contribution in [1.82, 2.24) is 0 Å². The van der Waals surface area contributed by atoms with Crippen molar-refractivity contribution >= 4 is 18.0 Å². The Morgan fingerprint density at radius 1 is 0.467 bits per heavy atom. The monoisotopic (exact) mass is 2090 g/mol. The maximum Gasteiger partial charge on any atom is 0.317 e. The Morgan fingerprint density at radius 3 is 1.63 bits per heavy atom. The van der Waals surface area contributed by atoms with E-state index in [-0.39, 0.29) is 103 Å². The second kappa shape index (κ2) is 45.3. The minimum absolute atomic E-state index is 0.00325. The summed E-state index contributed by atoms with van der Waals surface area (Å²) in [5, 5.41) is 0. The predicted molar refractivity (Wildman–Crippen MR) is 555 cm³/mol. The third-order valence-corrected chi connectivity index (χ3v) is 39.6. The number of carbonyl (C=O) groups excluding carboxylic acids is 3. The molecule has 29 nitrogen and oxygen atoms in total. The number of rotatable bonds is 34. The van der Waals surface area contributed by atoms with E-state index in [9.17, 15) is 9.59 Å². The van der Waals surface area contributed by atoms with Gasteiger partial charge in [-0.3, -0.25) is 9.59 Å². The van der Waals surface area contributed by atoms with E-state index in [0.717, 1.165) is 60.8 Å². The molecule has 19 rings (SSSR count). The number of ether oxygens (including phenoxy) is 25. The fourth-order valence-electron chi connectivity index (χ4n) is 29.8. The fraction of sp³-hybridized carbons (Fsp3) is 0.760. The lowest BCUT2D eigenvalue weighted by Crippen LogP contribution is -2.69. The second-order valence-electron chi connectivity index (χ2n) is 50.5. The summed E-state index contributed by atoms with van der Waals surface area (Å²) in [5.74, 6) is -3.89. The Labute approximate surface area is 890 Å². The highest BCUT2D eigenvalue weighted by Gasteiger charge is 2.74. The molecule has 5 aliphatic carbocycles. The van der Waals surface area contributed by atoms with E-state index in [4.69, 9.17) is 124 Å². The van der Waals surface area contributed by atoms with Crippen LogP contribution in [0, 0.1) is 109 Å². The van der Waals surface area contributed by atoms with Crippen molar-refractivity contribution in [2.75, 3.05) is 46.8 Å². The molecule has 29 heteroatoms. The molecule has 15 aliphatic rings. The van der Waals surface area contributed by atoms with Gasteiger partial charge in [0.15, 0.2) is 61.4 Å². The standard InChI is InChI=1S/C121H175NO28/c1-25-85-70(5)69(4)72(7)107(136-85)145-101-97(142-104-71(6)68(3)67(2)56-131-104)74(9)94(77(12)124)139-109(101)138-91-49-50-116(20)89(117(91,21)64-123)48-51-118(22)90(116)47-46-83-84-54-113(14,15)52-53-121(84,92(126-24)55-119(83,118)23)112(125)146-108-98(73(8)93(122)86(137-108)61-127-57-79-38-30-26-31-39-79)143-110-102-100(147-114(16,17)148-102)99(78(13)135-110)144-106-75(10)95(87(62-133-106)129-59-81-42-34-28-35-43-81)140-105-76(11)96(88(63-132-105)130-60-82-44-36-29-37-45-82)141-111-103-120(66-134-111,150-115(18,19)149-103)65-128-58-80-40-32-27-33-41-80/h26-46,64,67-76,78,84-111H,25,47-63,65-66,122H2,1-24H3/t67-,68+,69+,70-,71?,72?,73?,74-,75?,76?,78?,84?,85?,86?,87-,88-,89-,90?,91+,92?,93-,94?,95?,96?,97+,98?,99+,100?,101?,102?,103?,104+,105+,106+,107+,108+,109-,110+,111+,116?,117-,118+,119-,120+,121-/m1/s1. The van der Waals surface area contributed by atoms with Gasteiger partial charge in [0, 0.05) is 48.7 Å². The van der Waals surface area contributed by atoms with Crippen molar-refractivity contribution in [3.8, 4) is 0 Å². The van der Waals surface area contributed by atoms with Crippen molar-refractivity contribution in [3.63, 3.8) is 0 Å². The number of esters is 1. The SMILES string of the molecule is CCC1O[C@@H](OC2[C@H](O[C@H]3CCC4(C)C5CC=C6C7CC(C)(C)CC[C@]7(C(=O)O[C@@H]7OC(COCc8ccccc8)[C@H](N)C(C)C7O[C@@H]7OC(C)[C@H](O[C@@H]8OC[C@@H](OCc9ccccc9)C(O[C@@H]9OC[C@@H](OCc%10ccccc%10)C(O[C@@H]%10OC[C@]%11(COCc%12ccccc%12)OC(C)(C)OC%10%11)C9C)C8C)C8OC(C)(C)OC87)C(OC)C[C@@]6(C)[C@@]5(C)CC[C@H]4[C@@]3(C)C=O)OC(C(C)=O)[C@@H](C)[C@@H]2O[C@@H]2OC[C@@H](C)[C@H](C)C2C)C(C)[C@@H](C)[C@H]1C. The second-order valence-corrected chi connectivity index (χ2v) is 50.5. The molecule has 10 heterocycles. The van der Waals surface area contributed by atoms with Crippen molar-refractivity contribution in [1.29, 1.82) is 0 Å². The summed E-state index contributed by atoms with van der Waals surface area (Å²) in [6, 6.07) is 39.3. The highest BCUT2D eigenvalue weighted by molar-refractivity contribution is 5.81. The Kier molecular flexibility index (Phi) is 34.0. The molecule has 0 amide bonds. The maximum absolute atomic E-state index is 17.1. The van der Waals surface area contributed by atoms with Crippen molar-refractivity contribution in [3.05, 3.63) is 155 Å². The lowest BCUT2D eigenvalue weighted by Gasteiger charge is -2.71. The van der Waals surface area contributed by atoms with Crippen molar-refractivity contribution in [2.24, 2.45) is 115 Å². The van der Waals surface area contributed by atoms with E-state index < -0.39 is 217 Å². The van der Waals surface area contributed by atoms with E-state index in [1.165, 1.54) is 11.9 Å². The van der Waals surface area contributed by atoms with Gasteiger partial charge in [0.2, 0.25) is 6.29 Å². The van der Waals surface area contributed by atoms with Crippen LogP contribution in [0.15, 0.2) is 133 Å². The largest absolute Gasteiger partial charge is 0.432 e. The normalized spacial score (nSPS) is 46.0. The lowest BCUT2D eigenvalue weighted by molar-refractivity contribution is -0.374. The molecule has 14 fully saturated rings.